The van der Waals surface area contributed by atoms with Crippen LogP contribution in [0.2, 0.25) is 0 Å². The maximum atomic E-state index is 13.3. The van der Waals surface area contributed by atoms with Crippen LogP contribution < -0.4 is 15.6 Å². The van der Waals surface area contributed by atoms with Crippen molar-refractivity contribution in [2.75, 3.05) is 36.4 Å². The van der Waals surface area contributed by atoms with Gasteiger partial charge in [-0.05, 0) is 79.6 Å². The van der Waals surface area contributed by atoms with Gasteiger partial charge in [0.1, 0.15) is 5.56 Å². The summed E-state index contributed by atoms with van der Waals surface area (Å²) in [5.41, 5.74) is 1.21. The molecule has 1 aromatic heterocycles. The van der Waals surface area contributed by atoms with E-state index in [1.165, 1.54) is 11.9 Å². The predicted octanol–water partition coefficient (Wildman–Crippen LogP) is 7.03. The number of carbonyl (C=O) groups is 1. The van der Waals surface area contributed by atoms with E-state index in [1.54, 1.807) is 6.07 Å². The van der Waals surface area contributed by atoms with E-state index in [2.05, 4.69) is 57.4 Å². The van der Waals surface area contributed by atoms with E-state index in [0.717, 1.165) is 75.6 Å². The lowest BCUT2D eigenvalue weighted by molar-refractivity contribution is -0.137. The van der Waals surface area contributed by atoms with Crippen molar-refractivity contribution < 1.29 is 18.0 Å². The normalized spacial score (nSPS) is 21.6. The molecule has 9 heteroatoms. The molecule has 1 saturated heterocycles. The summed E-state index contributed by atoms with van der Waals surface area (Å²) in [4.78, 5) is 34.1. The molecule has 1 saturated carbocycles. The summed E-state index contributed by atoms with van der Waals surface area (Å²) in [5.74, 6) is 0.0523. The second kappa shape index (κ2) is 11.5. The minimum Gasteiger partial charge on any atom is -0.369 e. The quantitative estimate of drug-likeness (QED) is 0.263. The number of hydrogen-bond acceptors (Lipinski definition) is 4. The summed E-state index contributed by atoms with van der Waals surface area (Å²) < 4.78 is 39.4. The number of fused-ring (bicyclic) bond motifs is 1. The smallest absolute Gasteiger partial charge is 0.369 e. The summed E-state index contributed by atoms with van der Waals surface area (Å²) in [5, 5.41) is 2.90. The Morgan fingerprint density at radius 3 is 2.35 bits per heavy atom. The number of pyridine rings is 1. The molecule has 0 atom stereocenters. The van der Waals surface area contributed by atoms with E-state index in [1.807, 2.05) is 18.2 Å². The van der Waals surface area contributed by atoms with E-state index in [-0.39, 0.29) is 22.0 Å². The van der Waals surface area contributed by atoms with Gasteiger partial charge in [-0.1, -0.05) is 37.3 Å². The molecule has 0 spiro atoms. The molecule has 1 aliphatic heterocycles. The van der Waals surface area contributed by atoms with Crippen molar-refractivity contribution in [3.63, 3.8) is 0 Å². The number of aromatic amines is 1. The fourth-order valence-electron chi connectivity index (χ4n) is 6.71. The maximum absolute atomic E-state index is 13.3. The van der Waals surface area contributed by atoms with Gasteiger partial charge in [-0.2, -0.15) is 13.2 Å². The first-order valence-electron chi connectivity index (χ1n) is 14.8. The minimum absolute atomic E-state index is 0.0270. The maximum Gasteiger partial charge on any atom is 0.416 e. The van der Waals surface area contributed by atoms with Crippen LogP contribution >= 0.6 is 0 Å². The van der Waals surface area contributed by atoms with Crippen LogP contribution in [0.15, 0.2) is 83.8 Å². The first kappa shape index (κ1) is 29.0. The molecule has 2 aliphatic rings. The van der Waals surface area contributed by atoms with Gasteiger partial charge in [0.15, 0.2) is 0 Å². The lowest BCUT2D eigenvalue weighted by Crippen LogP contribution is -2.56. The molecular weight excluding hydrogens is 553 g/mol. The van der Waals surface area contributed by atoms with Gasteiger partial charge < -0.3 is 15.2 Å². The molecule has 6 rings (SSSR count). The van der Waals surface area contributed by atoms with Crippen LogP contribution in [0.4, 0.5) is 24.5 Å². The van der Waals surface area contributed by atoms with Gasteiger partial charge in [-0.3, -0.25) is 14.5 Å². The Morgan fingerprint density at radius 1 is 0.930 bits per heavy atom. The highest BCUT2D eigenvalue weighted by Gasteiger charge is 2.42. The number of aromatic nitrogens is 1. The molecule has 4 aromatic rings. The van der Waals surface area contributed by atoms with E-state index in [0.29, 0.717) is 11.6 Å². The molecular formula is C34H35F3N4O2. The van der Waals surface area contributed by atoms with Crippen LogP contribution in [0.1, 0.15) is 54.1 Å². The van der Waals surface area contributed by atoms with Gasteiger partial charge >= 0.3 is 6.18 Å². The second-order valence-corrected chi connectivity index (χ2v) is 11.8. The zero-order chi connectivity index (χ0) is 30.2. The van der Waals surface area contributed by atoms with Crippen molar-refractivity contribution in [1.82, 2.24) is 9.88 Å². The number of piperazine rings is 1. The Balaban J connectivity index is 1.24. The number of benzene rings is 3. The minimum atomic E-state index is -4.53. The molecule has 0 bridgehead atoms. The summed E-state index contributed by atoms with van der Waals surface area (Å²) in [6.07, 6.45) is 0.952. The molecule has 0 unspecified atom stereocenters. The summed E-state index contributed by atoms with van der Waals surface area (Å²) >= 11 is 0. The SMILES string of the molecule is CC1CCC(c2cccc(NC(=O)c3c[nH]c4cc(C(F)(F)F)ccc4c3=O)c2)(N2CCN(c3ccccc3)CC2)CC1. The number of hydrogen-bond donors (Lipinski definition) is 2. The zero-order valence-corrected chi connectivity index (χ0v) is 24.1. The molecule has 2 heterocycles. The molecule has 0 radical (unpaired) electrons. The van der Waals surface area contributed by atoms with Gasteiger partial charge in [0.05, 0.1) is 5.56 Å². The van der Waals surface area contributed by atoms with Crippen molar-refractivity contribution in [3.05, 3.63) is 106 Å². The first-order chi connectivity index (χ1) is 20.6. The molecule has 2 fully saturated rings. The molecule has 1 amide bonds. The van der Waals surface area contributed by atoms with Gasteiger partial charge in [0.25, 0.3) is 5.91 Å². The monoisotopic (exact) mass is 588 g/mol. The third-order valence-electron chi connectivity index (χ3n) is 9.22. The topological polar surface area (TPSA) is 68.4 Å². The van der Waals surface area contributed by atoms with Gasteiger partial charge in [-0.25, -0.2) is 0 Å². The summed E-state index contributed by atoms with van der Waals surface area (Å²) in [6, 6.07) is 21.2. The summed E-state index contributed by atoms with van der Waals surface area (Å²) in [6.45, 7) is 6.05. The standard InChI is InChI=1S/C34H35F3N4O2/c1-23-12-14-33(15-13-23,41-18-16-40(17-19-41)27-8-3-2-4-9-27)24-6-5-7-26(20-24)39-32(43)29-22-38-30-21-25(34(35,36)37)10-11-28(30)31(29)42/h2-11,20-23H,12-19H2,1H3,(H,38,42)(H,39,43). The average molecular weight is 589 g/mol. The van der Waals surface area contributed by atoms with E-state index < -0.39 is 23.1 Å². The number of rotatable bonds is 5. The van der Waals surface area contributed by atoms with Crippen molar-refractivity contribution in [3.8, 4) is 0 Å². The Labute approximate surface area is 248 Å². The number of nitrogens with one attached hydrogen (secondary N) is 2. The Hall–Kier alpha value is -4.11. The molecule has 3 aromatic carbocycles. The van der Waals surface area contributed by atoms with Crippen molar-refractivity contribution in [2.45, 2.75) is 44.3 Å². The van der Waals surface area contributed by atoms with Gasteiger partial charge in [0.2, 0.25) is 5.43 Å². The van der Waals surface area contributed by atoms with Crippen molar-refractivity contribution in [1.29, 1.82) is 0 Å². The van der Waals surface area contributed by atoms with E-state index in [4.69, 9.17) is 0 Å². The van der Waals surface area contributed by atoms with Crippen molar-refractivity contribution in [2.24, 2.45) is 5.92 Å². The third-order valence-corrected chi connectivity index (χ3v) is 9.22. The highest BCUT2D eigenvalue weighted by molar-refractivity contribution is 6.05. The van der Waals surface area contributed by atoms with Crippen LogP contribution in [0, 0.1) is 5.92 Å². The predicted molar refractivity (Wildman–Crippen MR) is 164 cm³/mol. The molecule has 224 valence electrons. The van der Waals surface area contributed by atoms with Crippen LogP contribution in [0.25, 0.3) is 10.9 Å². The number of anilines is 2. The molecule has 1 aliphatic carbocycles. The lowest BCUT2D eigenvalue weighted by atomic mass is 9.71. The number of alkyl halides is 3. The van der Waals surface area contributed by atoms with Crippen LogP contribution in [-0.4, -0.2) is 42.0 Å². The van der Waals surface area contributed by atoms with Gasteiger partial charge in [-0.15, -0.1) is 0 Å². The number of halogens is 3. The van der Waals surface area contributed by atoms with Crippen LogP contribution in [-0.2, 0) is 11.7 Å². The van der Waals surface area contributed by atoms with Crippen molar-refractivity contribution >= 4 is 28.2 Å². The molecule has 2 N–H and O–H groups in total. The third kappa shape index (κ3) is 5.78. The average Bonchev–Trinajstić information content (AvgIpc) is 3.02. The Bertz CT molecular complexity index is 1670. The first-order valence-corrected chi connectivity index (χ1v) is 14.8. The highest BCUT2D eigenvalue weighted by Crippen LogP contribution is 2.45. The molecule has 43 heavy (non-hydrogen) atoms. The number of carbonyl (C=O) groups excluding carboxylic acids is 1. The number of nitrogens with zero attached hydrogens (tertiary/aromatic N) is 2. The number of para-hydroxylation sites is 1. The Kier molecular flexibility index (Phi) is 7.77. The summed E-state index contributed by atoms with van der Waals surface area (Å²) in [7, 11) is 0. The van der Waals surface area contributed by atoms with E-state index in [9.17, 15) is 22.8 Å². The second-order valence-electron chi connectivity index (χ2n) is 11.8. The van der Waals surface area contributed by atoms with Crippen LogP contribution in [0.3, 0.4) is 0 Å². The van der Waals surface area contributed by atoms with E-state index >= 15 is 0 Å². The highest BCUT2D eigenvalue weighted by atomic mass is 19.4. The zero-order valence-electron chi connectivity index (χ0n) is 24.1. The Morgan fingerprint density at radius 2 is 1.65 bits per heavy atom. The fraction of sp³-hybridized carbons (Fsp3) is 0.353. The largest absolute Gasteiger partial charge is 0.416 e. The fourth-order valence-corrected chi connectivity index (χ4v) is 6.71. The number of H-pyrrole nitrogens is 1. The number of amides is 1. The molecule has 6 nitrogen and oxygen atoms in total. The van der Waals surface area contributed by atoms with Gasteiger partial charge in [0, 0.05) is 60.2 Å². The van der Waals surface area contributed by atoms with Crippen LogP contribution in [0.5, 0.6) is 0 Å². The lowest BCUT2D eigenvalue weighted by Gasteiger charge is -2.51.